The Labute approximate surface area is 113 Å². The van der Waals surface area contributed by atoms with Crippen molar-refractivity contribution < 1.29 is 17.9 Å². The number of nitrogens with two attached hydrogens (primary N) is 1. The van der Waals surface area contributed by atoms with Crippen LogP contribution >= 0.6 is 0 Å². The Hall–Kier alpha value is -1.15. The molecule has 6 nitrogen and oxygen atoms in total. The maximum atomic E-state index is 12.0. The molecule has 19 heavy (non-hydrogen) atoms. The monoisotopic (exact) mass is 288 g/mol. The van der Waals surface area contributed by atoms with E-state index in [0.29, 0.717) is 18.9 Å². The summed E-state index contributed by atoms with van der Waals surface area (Å²) >= 11 is 0. The molecule has 0 heterocycles. The van der Waals surface area contributed by atoms with E-state index in [2.05, 4.69) is 4.72 Å². The van der Waals surface area contributed by atoms with E-state index in [1.165, 1.54) is 19.2 Å². The predicted octanol–water partition coefficient (Wildman–Crippen LogP) is 0.337. The summed E-state index contributed by atoms with van der Waals surface area (Å²) in [6.45, 7) is 2.82. The molecule has 108 valence electrons. The number of methoxy groups -OCH3 is 1. The number of benzene rings is 1. The highest BCUT2D eigenvalue weighted by Crippen LogP contribution is 2.15. The number of rotatable bonds is 8. The molecule has 0 aliphatic heterocycles. The maximum absolute atomic E-state index is 12.0. The van der Waals surface area contributed by atoms with Crippen LogP contribution in [0.15, 0.2) is 29.2 Å². The fourth-order valence-electron chi connectivity index (χ4n) is 1.29. The average molecular weight is 288 g/mol. The van der Waals surface area contributed by atoms with Gasteiger partial charge in [0.15, 0.2) is 0 Å². The summed E-state index contributed by atoms with van der Waals surface area (Å²) in [5.41, 5.74) is 5.31. The van der Waals surface area contributed by atoms with Crippen LogP contribution in [0.3, 0.4) is 0 Å². The van der Waals surface area contributed by atoms with Crippen molar-refractivity contribution in [2.45, 2.75) is 17.9 Å². The van der Waals surface area contributed by atoms with E-state index < -0.39 is 10.0 Å². The van der Waals surface area contributed by atoms with Crippen molar-refractivity contribution in [1.82, 2.24) is 4.72 Å². The molecule has 0 fully saturated rings. The molecule has 1 aromatic rings. The van der Waals surface area contributed by atoms with Gasteiger partial charge in [-0.2, -0.15) is 0 Å². The minimum absolute atomic E-state index is 0.179. The van der Waals surface area contributed by atoms with E-state index in [1.807, 2.05) is 0 Å². The van der Waals surface area contributed by atoms with Crippen molar-refractivity contribution >= 4 is 10.0 Å². The molecule has 0 bridgehead atoms. The van der Waals surface area contributed by atoms with Gasteiger partial charge in [-0.15, -0.1) is 0 Å². The van der Waals surface area contributed by atoms with Crippen LogP contribution in [0, 0.1) is 0 Å². The van der Waals surface area contributed by atoms with Gasteiger partial charge in [0.05, 0.1) is 11.0 Å². The Kier molecular flexibility index (Phi) is 6.23. The lowest BCUT2D eigenvalue weighted by Gasteiger charge is -2.11. The second-order valence-electron chi connectivity index (χ2n) is 4.01. The van der Waals surface area contributed by atoms with Crippen molar-refractivity contribution in [3.05, 3.63) is 24.3 Å². The predicted molar refractivity (Wildman–Crippen MR) is 72.7 cm³/mol. The third-order valence-corrected chi connectivity index (χ3v) is 3.92. The van der Waals surface area contributed by atoms with Gasteiger partial charge in [-0.05, 0) is 31.2 Å². The molecule has 7 heteroatoms. The third kappa shape index (κ3) is 5.15. The molecule has 1 rings (SSSR count). The molecule has 1 unspecified atom stereocenters. The van der Waals surface area contributed by atoms with Crippen molar-refractivity contribution in [1.29, 1.82) is 0 Å². The summed E-state index contributed by atoms with van der Waals surface area (Å²) in [6.07, 6.45) is -0.179. The first-order valence-electron chi connectivity index (χ1n) is 5.95. The zero-order chi connectivity index (χ0) is 14.3. The van der Waals surface area contributed by atoms with Crippen LogP contribution in [-0.2, 0) is 14.8 Å². The van der Waals surface area contributed by atoms with Crippen LogP contribution in [0.5, 0.6) is 5.75 Å². The van der Waals surface area contributed by atoms with Crippen molar-refractivity contribution in [2.24, 2.45) is 5.73 Å². The number of ether oxygens (including phenoxy) is 2. The molecule has 0 spiro atoms. The summed E-state index contributed by atoms with van der Waals surface area (Å²) in [5, 5.41) is 0. The Balaban J connectivity index is 2.68. The maximum Gasteiger partial charge on any atom is 0.240 e. The fourth-order valence-corrected chi connectivity index (χ4v) is 2.40. The zero-order valence-corrected chi connectivity index (χ0v) is 11.9. The zero-order valence-electron chi connectivity index (χ0n) is 11.1. The minimum Gasteiger partial charge on any atom is -0.492 e. The van der Waals surface area contributed by atoms with E-state index >= 15 is 0 Å². The van der Waals surface area contributed by atoms with E-state index in [9.17, 15) is 8.42 Å². The topological polar surface area (TPSA) is 90.6 Å². The molecule has 0 saturated carbocycles. The number of nitrogens with one attached hydrogen (secondary N) is 1. The first-order valence-corrected chi connectivity index (χ1v) is 7.43. The lowest BCUT2D eigenvalue weighted by molar-refractivity contribution is 0.122. The van der Waals surface area contributed by atoms with Crippen molar-refractivity contribution in [2.75, 3.05) is 26.8 Å². The van der Waals surface area contributed by atoms with Gasteiger partial charge >= 0.3 is 0 Å². The summed E-state index contributed by atoms with van der Waals surface area (Å²) < 4.78 is 36.6. The van der Waals surface area contributed by atoms with E-state index in [4.69, 9.17) is 15.2 Å². The molecule has 1 atom stereocenters. The van der Waals surface area contributed by atoms with Gasteiger partial charge < -0.3 is 15.2 Å². The Morgan fingerprint density at radius 3 is 2.47 bits per heavy atom. The highest BCUT2D eigenvalue weighted by molar-refractivity contribution is 7.89. The SMILES string of the molecule is COC(C)CNS(=O)(=O)c1ccc(OCCN)cc1. The molecule has 0 amide bonds. The molecule has 0 aliphatic rings. The fraction of sp³-hybridized carbons (Fsp3) is 0.500. The lowest BCUT2D eigenvalue weighted by Crippen LogP contribution is -2.31. The van der Waals surface area contributed by atoms with E-state index in [0.717, 1.165) is 0 Å². The third-order valence-electron chi connectivity index (χ3n) is 2.48. The summed E-state index contributed by atoms with van der Waals surface area (Å²) in [5.74, 6) is 0.592. The van der Waals surface area contributed by atoms with Crippen LogP contribution in [-0.4, -0.2) is 41.3 Å². The second-order valence-corrected chi connectivity index (χ2v) is 5.77. The van der Waals surface area contributed by atoms with Crippen LogP contribution < -0.4 is 15.2 Å². The molecular formula is C12H20N2O4S. The van der Waals surface area contributed by atoms with Crippen LogP contribution in [0.1, 0.15) is 6.92 Å². The molecule has 0 aromatic heterocycles. The lowest BCUT2D eigenvalue weighted by atomic mass is 10.3. The molecule has 0 saturated heterocycles. The standard InChI is InChI=1S/C12H20N2O4S/c1-10(17-2)9-14-19(15,16)12-5-3-11(4-6-12)18-8-7-13/h3-6,10,14H,7-9,13H2,1-2H3. The van der Waals surface area contributed by atoms with Gasteiger partial charge in [0.1, 0.15) is 12.4 Å². The van der Waals surface area contributed by atoms with Crippen molar-refractivity contribution in [3.8, 4) is 5.75 Å². The summed E-state index contributed by atoms with van der Waals surface area (Å²) in [7, 11) is -1.98. The van der Waals surface area contributed by atoms with Crippen LogP contribution in [0.25, 0.3) is 0 Å². The molecule has 0 radical (unpaired) electrons. The quantitative estimate of drug-likeness (QED) is 0.719. The van der Waals surface area contributed by atoms with Crippen LogP contribution in [0.2, 0.25) is 0 Å². The highest BCUT2D eigenvalue weighted by atomic mass is 32.2. The second kappa shape index (κ2) is 7.44. The largest absolute Gasteiger partial charge is 0.492 e. The van der Waals surface area contributed by atoms with Gasteiger partial charge in [-0.1, -0.05) is 0 Å². The van der Waals surface area contributed by atoms with E-state index in [-0.39, 0.29) is 17.5 Å². The minimum atomic E-state index is -3.51. The van der Waals surface area contributed by atoms with Gasteiger partial charge in [-0.3, -0.25) is 0 Å². The van der Waals surface area contributed by atoms with Crippen molar-refractivity contribution in [3.63, 3.8) is 0 Å². The van der Waals surface area contributed by atoms with Gasteiger partial charge in [0.25, 0.3) is 0 Å². The number of hydrogen-bond donors (Lipinski definition) is 2. The summed E-state index contributed by atoms with van der Waals surface area (Å²) in [6, 6.07) is 6.19. The smallest absolute Gasteiger partial charge is 0.240 e. The molecule has 0 aliphatic carbocycles. The first-order chi connectivity index (χ1) is 8.99. The Morgan fingerprint density at radius 1 is 1.32 bits per heavy atom. The Bertz CT molecular complexity index is 473. The summed E-state index contributed by atoms with van der Waals surface area (Å²) in [4.78, 5) is 0.191. The average Bonchev–Trinajstić information content (AvgIpc) is 2.43. The van der Waals surface area contributed by atoms with Gasteiger partial charge in [-0.25, -0.2) is 13.1 Å². The molecule has 3 N–H and O–H groups in total. The normalized spacial score (nSPS) is 13.2. The first kappa shape index (κ1) is 15.9. The Morgan fingerprint density at radius 2 is 1.95 bits per heavy atom. The van der Waals surface area contributed by atoms with Gasteiger partial charge in [0, 0.05) is 20.2 Å². The number of hydrogen-bond acceptors (Lipinski definition) is 5. The highest BCUT2D eigenvalue weighted by Gasteiger charge is 2.14. The van der Waals surface area contributed by atoms with E-state index in [1.54, 1.807) is 19.1 Å². The molecule has 1 aromatic carbocycles. The van der Waals surface area contributed by atoms with Gasteiger partial charge in [0.2, 0.25) is 10.0 Å². The van der Waals surface area contributed by atoms with Crippen LogP contribution in [0.4, 0.5) is 0 Å². The molecular weight excluding hydrogens is 268 g/mol. The number of sulfonamides is 1.